The summed E-state index contributed by atoms with van der Waals surface area (Å²) < 4.78 is 12.6. The van der Waals surface area contributed by atoms with Crippen LogP contribution < -0.4 is 20.7 Å². The van der Waals surface area contributed by atoms with Crippen LogP contribution in [0.2, 0.25) is 5.02 Å². The zero-order chi connectivity index (χ0) is 15.6. The summed E-state index contributed by atoms with van der Waals surface area (Å²) in [7, 11) is 4.36. The van der Waals surface area contributed by atoms with Crippen LogP contribution in [-0.2, 0) is 13.6 Å². The van der Waals surface area contributed by atoms with Gasteiger partial charge in [0, 0.05) is 7.05 Å². The van der Waals surface area contributed by atoms with Crippen LogP contribution in [0.5, 0.6) is 11.6 Å². The Morgan fingerprint density at radius 2 is 1.86 bits per heavy atom. The van der Waals surface area contributed by atoms with Crippen molar-refractivity contribution in [2.75, 3.05) is 14.2 Å². The quantitative estimate of drug-likeness (QED) is 0.853. The van der Waals surface area contributed by atoms with Crippen LogP contribution in [0.3, 0.4) is 0 Å². The zero-order valence-corrected chi connectivity index (χ0v) is 12.7. The van der Waals surface area contributed by atoms with E-state index in [0.29, 0.717) is 10.8 Å². The highest BCUT2D eigenvalue weighted by molar-refractivity contribution is 6.32. The molecule has 2 rings (SSSR count). The molecule has 21 heavy (non-hydrogen) atoms. The maximum atomic E-state index is 12.2. The number of aromatic nitrogens is 2. The lowest BCUT2D eigenvalue weighted by atomic mass is 10.2. The molecule has 1 aromatic heterocycles. The van der Waals surface area contributed by atoms with Crippen LogP contribution in [0, 0.1) is 0 Å². The van der Waals surface area contributed by atoms with Crippen molar-refractivity contribution in [3.05, 3.63) is 55.7 Å². The standard InChI is InChI=1S/C14H15ClN2O4/c1-16-12(18)7-13(21-3)17(14(16)19)8-9-4-5-11(20-2)10(15)6-9/h4-7H,8H2,1-3H3. The number of hydrogen-bond donors (Lipinski definition) is 0. The van der Waals surface area contributed by atoms with E-state index in [1.165, 1.54) is 31.9 Å². The van der Waals surface area contributed by atoms with Crippen molar-refractivity contribution in [1.82, 2.24) is 9.13 Å². The summed E-state index contributed by atoms with van der Waals surface area (Å²) >= 11 is 6.07. The summed E-state index contributed by atoms with van der Waals surface area (Å²) in [4.78, 5) is 23.8. The molecule has 1 heterocycles. The zero-order valence-electron chi connectivity index (χ0n) is 11.9. The van der Waals surface area contributed by atoms with Gasteiger partial charge in [0.1, 0.15) is 5.75 Å². The summed E-state index contributed by atoms with van der Waals surface area (Å²) in [5.74, 6) is 0.759. The van der Waals surface area contributed by atoms with Crippen LogP contribution in [0.4, 0.5) is 0 Å². The Morgan fingerprint density at radius 3 is 2.43 bits per heavy atom. The maximum Gasteiger partial charge on any atom is 0.333 e. The number of ether oxygens (including phenoxy) is 2. The topological polar surface area (TPSA) is 62.5 Å². The van der Waals surface area contributed by atoms with Gasteiger partial charge in [0.25, 0.3) is 5.56 Å². The molecule has 0 bridgehead atoms. The molecular weight excluding hydrogens is 296 g/mol. The lowest BCUT2D eigenvalue weighted by Gasteiger charge is -2.13. The Morgan fingerprint density at radius 1 is 1.14 bits per heavy atom. The summed E-state index contributed by atoms with van der Waals surface area (Å²) in [6, 6.07) is 6.49. The van der Waals surface area contributed by atoms with Gasteiger partial charge in [-0.25, -0.2) is 4.79 Å². The highest BCUT2D eigenvalue weighted by Crippen LogP contribution is 2.25. The molecule has 0 atom stereocenters. The van der Waals surface area contributed by atoms with Gasteiger partial charge in [0.05, 0.1) is 31.9 Å². The van der Waals surface area contributed by atoms with Gasteiger partial charge >= 0.3 is 5.69 Å². The molecular formula is C14H15ClN2O4. The minimum atomic E-state index is -0.453. The van der Waals surface area contributed by atoms with Crippen molar-refractivity contribution in [2.24, 2.45) is 7.05 Å². The average molecular weight is 311 g/mol. The van der Waals surface area contributed by atoms with Gasteiger partial charge in [-0.15, -0.1) is 0 Å². The fraction of sp³-hybridized carbons (Fsp3) is 0.286. The van der Waals surface area contributed by atoms with Crippen molar-refractivity contribution in [3.63, 3.8) is 0 Å². The van der Waals surface area contributed by atoms with E-state index in [0.717, 1.165) is 10.1 Å². The van der Waals surface area contributed by atoms with E-state index in [1.54, 1.807) is 18.2 Å². The summed E-state index contributed by atoms with van der Waals surface area (Å²) in [6.07, 6.45) is 0. The molecule has 0 radical (unpaired) electrons. The van der Waals surface area contributed by atoms with E-state index in [1.807, 2.05) is 0 Å². The van der Waals surface area contributed by atoms with Crippen LogP contribution >= 0.6 is 11.6 Å². The number of methoxy groups -OCH3 is 2. The van der Waals surface area contributed by atoms with Gasteiger partial charge in [0.2, 0.25) is 5.88 Å². The Hall–Kier alpha value is -2.21. The highest BCUT2D eigenvalue weighted by atomic mass is 35.5. The SMILES string of the molecule is COc1ccc(Cn2c(OC)cc(=O)n(C)c2=O)cc1Cl. The third-order valence-corrected chi connectivity index (χ3v) is 3.42. The number of hydrogen-bond acceptors (Lipinski definition) is 4. The second-order valence-corrected chi connectivity index (χ2v) is 4.83. The molecule has 6 nitrogen and oxygen atoms in total. The van der Waals surface area contributed by atoms with E-state index in [4.69, 9.17) is 21.1 Å². The van der Waals surface area contributed by atoms with Gasteiger partial charge in [-0.05, 0) is 17.7 Å². The third kappa shape index (κ3) is 2.95. The molecule has 0 saturated heterocycles. The fourth-order valence-corrected chi connectivity index (χ4v) is 2.24. The van der Waals surface area contributed by atoms with Crippen LogP contribution in [-0.4, -0.2) is 23.4 Å². The third-order valence-electron chi connectivity index (χ3n) is 3.13. The Balaban J connectivity index is 2.49. The van der Waals surface area contributed by atoms with Crippen LogP contribution in [0.25, 0.3) is 0 Å². The normalized spacial score (nSPS) is 10.5. The predicted octanol–water partition coefficient (Wildman–Crippen LogP) is 1.27. The molecule has 112 valence electrons. The minimum Gasteiger partial charge on any atom is -0.495 e. The summed E-state index contributed by atoms with van der Waals surface area (Å²) in [5.41, 5.74) is -0.0768. The van der Waals surface area contributed by atoms with Gasteiger partial charge in [0.15, 0.2) is 0 Å². The number of halogens is 1. The first-order chi connectivity index (χ1) is 9.97. The second kappa shape index (κ2) is 6.05. The molecule has 1 aromatic carbocycles. The van der Waals surface area contributed by atoms with Crippen molar-refractivity contribution >= 4 is 11.6 Å². The van der Waals surface area contributed by atoms with E-state index in [-0.39, 0.29) is 12.4 Å². The fourth-order valence-electron chi connectivity index (χ4n) is 1.96. The molecule has 0 fully saturated rings. The first kappa shape index (κ1) is 15.2. The van der Waals surface area contributed by atoms with Crippen LogP contribution in [0.15, 0.2) is 33.9 Å². The van der Waals surface area contributed by atoms with Gasteiger partial charge < -0.3 is 9.47 Å². The smallest absolute Gasteiger partial charge is 0.333 e. The molecule has 0 aliphatic rings. The summed E-state index contributed by atoms with van der Waals surface area (Å²) in [6.45, 7) is 0.236. The first-order valence-electron chi connectivity index (χ1n) is 6.15. The number of nitrogens with zero attached hydrogens (tertiary/aromatic N) is 2. The minimum absolute atomic E-state index is 0.204. The molecule has 0 saturated carbocycles. The van der Waals surface area contributed by atoms with Gasteiger partial charge in [-0.2, -0.15) is 0 Å². The predicted molar refractivity (Wildman–Crippen MR) is 79.6 cm³/mol. The van der Waals surface area contributed by atoms with Crippen LogP contribution in [0.1, 0.15) is 5.56 Å². The first-order valence-corrected chi connectivity index (χ1v) is 6.53. The van der Waals surface area contributed by atoms with Gasteiger partial charge in [-0.1, -0.05) is 17.7 Å². The second-order valence-electron chi connectivity index (χ2n) is 4.42. The van der Waals surface area contributed by atoms with Gasteiger partial charge in [-0.3, -0.25) is 13.9 Å². The van der Waals surface area contributed by atoms with Crippen molar-refractivity contribution < 1.29 is 9.47 Å². The Kier molecular flexibility index (Phi) is 4.37. The largest absolute Gasteiger partial charge is 0.495 e. The number of rotatable bonds is 4. The van der Waals surface area contributed by atoms with Crippen molar-refractivity contribution in [1.29, 1.82) is 0 Å². The van der Waals surface area contributed by atoms with Crippen molar-refractivity contribution in [3.8, 4) is 11.6 Å². The lowest BCUT2D eigenvalue weighted by molar-refractivity contribution is 0.362. The molecule has 0 unspecified atom stereocenters. The number of benzene rings is 1. The highest BCUT2D eigenvalue weighted by Gasteiger charge is 2.11. The molecule has 2 aromatic rings. The summed E-state index contributed by atoms with van der Waals surface area (Å²) in [5, 5.41) is 0.451. The molecule has 0 aliphatic carbocycles. The molecule has 0 aliphatic heterocycles. The maximum absolute atomic E-state index is 12.2. The average Bonchev–Trinajstić information content (AvgIpc) is 2.47. The van der Waals surface area contributed by atoms with E-state index in [2.05, 4.69) is 0 Å². The van der Waals surface area contributed by atoms with E-state index >= 15 is 0 Å². The molecule has 7 heteroatoms. The van der Waals surface area contributed by atoms with E-state index < -0.39 is 11.2 Å². The molecule has 0 amide bonds. The molecule has 0 N–H and O–H groups in total. The van der Waals surface area contributed by atoms with Crippen molar-refractivity contribution in [2.45, 2.75) is 6.54 Å². The monoisotopic (exact) mass is 310 g/mol. The van der Waals surface area contributed by atoms with E-state index in [9.17, 15) is 9.59 Å². The molecule has 0 spiro atoms. The lowest BCUT2D eigenvalue weighted by Crippen LogP contribution is -2.38. The Labute approximate surface area is 126 Å². The Bertz CT molecular complexity index is 780.